The molecule has 1 rings (SSSR count). The summed E-state index contributed by atoms with van der Waals surface area (Å²) in [5, 5.41) is 3.11. The molecule has 0 aliphatic carbocycles. The van der Waals surface area contributed by atoms with Crippen molar-refractivity contribution in [2.75, 3.05) is 7.05 Å². The molecular weight excluding hydrogens is 224 g/mol. The number of rotatable bonds is 6. The Kier molecular flexibility index (Phi) is 5.69. The van der Waals surface area contributed by atoms with E-state index < -0.39 is 0 Å². The lowest BCUT2D eigenvalue weighted by Gasteiger charge is -2.24. The Labute approximate surface area is 110 Å². The van der Waals surface area contributed by atoms with Gasteiger partial charge in [0, 0.05) is 25.0 Å². The minimum atomic E-state index is -0.0110. The Morgan fingerprint density at radius 1 is 1.39 bits per heavy atom. The fourth-order valence-corrected chi connectivity index (χ4v) is 2.10. The van der Waals surface area contributed by atoms with Crippen LogP contribution < -0.4 is 5.32 Å². The molecule has 3 nitrogen and oxygen atoms in total. The van der Waals surface area contributed by atoms with Crippen LogP contribution >= 0.6 is 0 Å². The van der Waals surface area contributed by atoms with Crippen molar-refractivity contribution in [1.82, 2.24) is 10.2 Å². The molecule has 0 saturated heterocycles. The van der Waals surface area contributed by atoms with Gasteiger partial charge < -0.3 is 10.2 Å². The van der Waals surface area contributed by atoms with Gasteiger partial charge >= 0.3 is 0 Å². The molecule has 0 aromatic rings. The van der Waals surface area contributed by atoms with Gasteiger partial charge in [-0.15, -0.1) is 0 Å². The van der Waals surface area contributed by atoms with E-state index in [1.807, 2.05) is 30.3 Å². The highest BCUT2D eigenvalue weighted by Gasteiger charge is 2.19. The third kappa shape index (κ3) is 3.76. The molecule has 18 heavy (non-hydrogen) atoms. The van der Waals surface area contributed by atoms with Gasteiger partial charge in [-0.05, 0) is 25.0 Å². The van der Waals surface area contributed by atoms with E-state index in [-0.39, 0.29) is 11.9 Å². The number of nitrogens with one attached hydrogen (secondary N) is 1. The number of amides is 1. The van der Waals surface area contributed by atoms with Gasteiger partial charge in [-0.2, -0.15) is 0 Å². The quantitative estimate of drug-likeness (QED) is 0.783. The molecule has 0 aromatic carbocycles. The van der Waals surface area contributed by atoms with Crippen molar-refractivity contribution < 1.29 is 4.79 Å². The van der Waals surface area contributed by atoms with E-state index in [9.17, 15) is 4.79 Å². The van der Waals surface area contributed by atoms with Gasteiger partial charge in [0.1, 0.15) is 0 Å². The van der Waals surface area contributed by atoms with E-state index in [2.05, 4.69) is 25.7 Å². The zero-order chi connectivity index (χ0) is 13.5. The molecule has 1 amide bonds. The highest BCUT2D eigenvalue weighted by Crippen LogP contribution is 2.17. The molecule has 100 valence electrons. The molecule has 3 heteroatoms. The summed E-state index contributed by atoms with van der Waals surface area (Å²) in [6, 6.07) is 0.275. The summed E-state index contributed by atoms with van der Waals surface area (Å²) in [7, 11) is 1.90. The average molecular weight is 248 g/mol. The summed E-state index contributed by atoms with van der Waals surface area (Å²) < 4.78 is 0. The molecule has 1 aliphatic rings. The molecule has 0 spiro atoms. The number of nitrogens with zero attached hydrogens (tertiary/aromatic N) is 1. The molecule has 0 bridgehead atoms. The Bertz CT molecular complexity index is 363. The largest absolute Gasteiger partial charge is 0.351 e. The second kappa shape index (κ2) is 7.04. The van der Waals surface area contributed by atoms with Gasteiger partial charge in [-0.25, -0.2) is 0 Å². The minimum absolute atomic E-state index is 0.0110. The molecular formula is C15H24N2O. The number of likely N-dealkylation sites (N-methyl/N-ethyl adjacent to an activating group) is 1. The summed E-state index contributed by atoms with van der Waals surface area (Å²) in [6.07, 6.45) is 9.84. The van der Waals surface area contributed by atoms with Crippen molar-refractivity contribution in [2.24, 2.45) is 0 Å². The topological polar surface area (TPSA) is 32.3 Å². The first kappa shape index (κ1) is 14.6. The number of hydrogen-bond donors (Lipinski definition) is 1. The number of hydrogen-bond acceptors (Lipinski definition) is 2. The normalized spacial score (nSPS) is 15.0. The van der Waals surface area contributed by atoms with E-state index in [0.717, 1.165) is 31.4 Å². The molecule has 0 saturated carbocycles. The summed E-state index contributed by atoms with van der Waals surface area (Å²) in [6.45, 7) is 8.23. The van der Waals surface area contributed by atoms with Gasteiger partial charge in [-0.1, -0.05) is 33.3 Å². The Morgan fingerprint density at radius 2 is 2.00 bits per heavy atom. The first-order valence-corrected chi connectivity index (χ1v) is 6.71. The highest BCUT2D eigenvalue weighted by molar-refractivity contribution is 5.98. The van der Waals surface area contributed by atoms with Crippen LogP contribution in [-0.4, -0.2) is 23.9 Å². The predicted molar refractivity (Wildman–Crippen MR) is 75.9 cm³/mol. The predicted octanol–water partition coefficient (Wildman–Crippen LogP) is 2.97. The lowest BCUT2D eigenvalue weighted by atomic mass is 10.0. The third-order valence-corrected chi connectivity index (χ3v) is 3.16. The molecule has 0 unspecified atom stereocenters. The molecule has 0 radical (unpaired) electrons. The second-order valence-electron chi connectivity index (χ2n) is 4.73. The van der Waals surface area contributed by atoms with Gasteiger partial charge in [0.05, 0.1) is 5.57 Å². The molecule has 1 aliphatic heterocycles. The van der Waals surface area contributed by atoms with Gasteiger partial charge in [0.2, 0.25) is 0 Å². The molecule has 0 aromatic heterocycles. The first-order chi connectivity index (χ1) is 8.60. The van der Waals surface area contributed by atoms with Crippen LogP contribution in [0.1, 0.15) is 39.5 Å². The van der Waals surface area contributed by atoms with Crippen LogP contribution in [0.3, 0.4) is 0 Å². The van der Waals surface area contributed by atoms with Gasteiger partial charge in [-0.3, -0.25) is 4.79 Å². The molecule has 0 fully saturated rings. The summed E-state index contributed by atoms with van der Waals surface area (Å²) in [4.78, 5) is 14.1. The zero-order valence-corrected chi connectivity index (χ0v) is 11.7. The van der Waals surface area contributed by atoms with E-state index in [4.69, 9.17) is 0 Å². The lowest BCUT2D eigenvalue weighted by Crippen LogP contribution is -2.37. The average Bonchev–Trinajstić information content (AvgIpc) is 2.33. The highest BCUT2D eigenvalue weighted by atomic mass is 16.1. The van der Waals surface area contributed by atoms with E-state index in [0.29, 0.717) is 5.57 Å². The first-order valence-electron chi connectivity index (χ1n) is 6.71. The number of carbonyl (C=O) groups excluding carboxylic acids is 1. The Balaban J connectivity index is 2.66. The molecule has 0 atom stereocenters. The lowest BCUT2D eigenvalue weighted by molar-refractivity contribution is -0.118. The van der Waals surface area contributed by atoms with Crippen LogP contribution in [0.4, 0.5) is 0 Å². The third-order valence-electron chi connectivity index (χ3n) is 3.16. The van der Waals surface area contributed by atoms with E-state index in [1.54, 1.807) is 0 Å². The van der Waals surface area contributed by atoms with Crippen molar-refractivity contribution in [3.8, 4) is 0 Å². The van der Waals surface area contributed by atoms with Crippen molar-refractivity contribution in [1.29, 1.82) is 0 Å². The van der Waals surface area contributed by atoms with Crippen LogP contribution in [0.2, 0.25) is 0 Å². The maximum atomic E-state index is 12.2. The van der Waals surface area contributed by atoms with Crippen LogP contribution in [-0.2, 0) is 4.79 Å². The summed E-state index contributed by atoms with van der Waals surface area (Å²) in [5.74, 6) is -0.0110. The van der Waals surface area contributed by atoms with Crippen molar-refractivity contribution in [3.05, 3.63) is 36.2 Å². The van der Waals surface area contributed by atoms with Gasteiger partial charge in [0.25, 0.3) is 5.91 Å². The minimum Gasteiger partial charge on any atom is -0.351 e. The van der Waals surface area contributed by atoms with Crippen molar-refractivity contribution in [3.63, 3.8) is 0 Å². The molecule has 1 N–H and O–H groups in total. The number of allylic oxidation sites excluding steroid dienone is 2. The standard InChI is InChI=1S/C15H24N2O/c1-5-8-13(9-6-2)16-15(18)14-10-7-11-17(4)12(14)3/h7,10-11,13H,3,5-6,8-9H2,1-2,4H3,(H,16,18). The van der Waals surface area contributed by atoms with Crippen LogP contribution in [0, 0.1) is 0 Å². The van der Waals surface area contributed by atoms with Gasteiger partial charge in [0.15, 0.2) is 0 Å². The fourth-order valence-electron chi connectivity index (χ4n) is 2.10. The Morgan fingerprint density at radius 3 is 2.56 bits per heavy atom. The van der Waals surface area contributed by atoms with Crippen LogP contribution in [0.5, 0.6) is 0 Å². The Hall–Kier alpha value is -1.51. The summed E-state index contributed by atoms with van der Waals surface area (Å²) in [5.41, 5.74) is 1.42. The zero-order valence-electron chi connectivity index (χ0n) is 11.7. The van der Waals surface area contributed by atoms with Crippen molar-refractivity contribution in [2.45, 2.75) is 45.6 Å². The fraction of sp³-hybridized carbons (Fsp3) is 0.533. The summed E-state index contributed by atoms with van der Waals surface area (Å²) >= 11 is 0. The monoisotopic (exact) mass is 248 g/mol. The second-order valence-corrected chi connectivity index (χ2v) is 4.73. The van der Waals surface area contributed by atoms with Crippen LogP contribution in [0.25, 0.3) is 0 Å². The number of carbonyl (C=O) groups is 1. The maximum absolute atomic E-state index is 12.2. The smallest absolute Gasteiger partial charge is 0.253 e. The van der Waals surface area contributed by atoms with E-state index in [1.165, 1.54) is 0 Å². The maximum Gasteiger partial charge on any atom is 0.253 e. The van der Waals surface area contributed by atoms with E-state index >= 15 is 0 Å². The van der Waals surface area contributed by atoms with Crippen LogP contribution in [0.15, 0.2) is 36.2 Å². The van der Waals surface area contributed by atoms with Crippen molar-refractivity contribution >= 4 is 5.91 Å². The molecule has 1 heterocycles. The SMILES string of the molecule is C=C1C(C(=O)NC(CCC)CCC)=CC=CN1C.